The molecule has 0 bridgehead atoms. The zero-order chi connectivity index (χ0) is 15.6. The number of nitro benzene ring substituents is 1. The summed E-state index contributed by atoms with van der Waals surface area (Å²) < 4.78 is 5.79. The lowest BCUT2D eigenvalue weighted by atomic mass is 9.88. The summed E-state index contributed by atoms with van der Waals surface area (Å²) in [5.41, 5.74) is -0.631. The van der Waals surface area contributed by atoms with Gasteiger partial charge in [0.1, 0.15) is 11.7 Å². The summed E-state index contributed by atoms with van der Waals surface area (Å²) in [7, 11) is 0. The van der Waals surface area contributed by atoms with Gasteiger partial charge in [-0.2, -0.15) is 0 Å². The van der Waals surface area contributed by atoms with E-state index in [-0.39, 0.29) is 28.1 Å². The average Bonchev–Trinajstić information content (AvgIpc) is 2.42. The summed E-state index contributed by atoms with van der Waals surface area (Å²) in [4.78, 5) is 21.4. The molecular weight excluding hydrogens is 298 g/mol. The van der Waals surface area contributed by atoms with Crippen molar-refractivity contribution in [2.75, 3.05) is 0 Å². The minimum absolute atomic E-state index is 0.0218. The van der Waals surface area contributed by atoms with Gasteiger partial charge in [0.15, 0.2) is 5.75 Å². The van der Waals surface area contributed by atoms with E-state index in [0.717, 1.165) is 37.8 Å². The van der Waals surface area contributed by atoms with Crippen LogP contribution in [0.3, 0.4) is 0 Å². The second-order valence-corrected chi connectivity index (χ2v) is 5.69. The molecule has 1 aliphatic rings. The molecule has 2 atom stereocenters. The molecule has 7 heteroatoms. The lowest BCUT2D eigenvalue weighted by Crippen LogP contribution is -2.29. The fourth-order valence-corrected chi connectivity index (χ4v) is 2.83. The summed E-state index contributed by atoms with van der Waals surface area (Å²) in [6, 6.07) is 2.11. The molecule has 6 nitrogen and oxygen atoms in total. The molecule has 0 amide bonds. The van der Waals surface area contributed by atoms with Crippen LogP contribution in [0, 0.1) is 16.0 Å². The minimum atomic E-state index is -1.29. The molecule has 0 spiro atoms. The molecule has 1 aliphatic carbocycles. The first kappa shape index (κ1) is 15.6. The van der Waals surface area contributed by atoms with Gasteiger partial charge in [0.25, 0.3) is 5.69 Å². The van der Waals surface area contributed by atoms with Crippen LogP contribution in [-0.2, 0) is 0 Å². The van der Waals surface area contributed by atoms with Crippen molar-refractivity contribution in [3.8, 4) is 5.75 Å². The number of benzene rings is 1. The number of carboxylic acid groups (broad SMARTS) is 1. The quantitative estimate of drug-likeness (QED) is 0.672. The maximum Gasteiger partial charge on any atom is 0.339 e. The van der Waals surface area contributed by atoms with Crippen molar-refractivity contribution in [3.63, 3.8) is 0 Å². The maximum absolute atomic E-state index is 11.3. The highest BCUT2D eigenvalue weighted by atomic mass is 35.5. The second-order valence-electron chi connectivity index (χ2n) is 5.28. The number of aromatic carboxylic acids is 1. The molecule has 1 aromatic rings. The van der Waals surface area contributed by atoms with E-state index < -0.39 is 10.9 Å². The fourth-order valence-electron chi connectivity index (χ4n) is 2.57. The molecule has 0 aromatic heterocycles. The van der Waals surface area contributed by atoms with Crippen LogP contribution in [0.1, 0.15) is 43.0 Å². The second kappa shape index (κ2) is 6.30. The Labute approximate surface area is 126 Å². The number of carboxylic acids is 1. The van der Waals surface area contributed by atoms with Gasteiger partial charge in [-0.1, -0.05) is 24.9 Å². The largest absolute Gasteiger partial charge is 0.488 e. The van der Waals surface area contributed by atoms with Gasteiger partial charge < -0.3 is 9.84 Å². The number of carbonyl (C=O) groups is 1. The van der Waals surface area contributed by atoms with Crippen molar-refractivity contribution in [1.82, 2.24) is 0 Å². The van der Waals surface area contributed by atoms with Crippen LogP contribution in [0.15, 0.2) is 12.1 Å². The van der Waals surface area contributed by atoms with Crippen LogP contribution in [0.4, 0.5) is 5.69 Å². The third-order valence-electron chi connectivity index (χ3n) is 3.77. The number of rotatable bonds is 4. The smallest absolute Gasteiger partial charge is 0.339 e. The van der Waals surface area contributed by atoms with Crippen molar-refractivity contribution in [1.29, 1.82) is 0 Å². The van der Waals surface area contributed by atoms with Gasteiger partial charge in [-0.25, -0.2) is 4.79 Å². The van der Waals surface area contributed by atoms with Crippen molar-refractivity contribution in [2.24, 2.45) is 5.92 Å². The SMILES string of the molecule is CC1CCCCC1Oc1c(Cl)cc([N+](=O)[O-])cc1C(=O)O. The third-order valence-corrected chi connectivity index (χ3v) is 4.05. The number of nitrogens with zero attached hydrogens (tertiary/aromatic N) is 1. The van der Waals surface area contributed by atoms with Crippen LogP contribution >= 0.6 is 11.6 Å². The maximum atomic E-state index is 11.3. The molecule has 1 saturated carbocycles. The Hall–Kier alpha value is -1.82. The molecule has 1 N–H and O–H groups in total. The predicted molar refractivity (Wildman–Crippen MR) is 77.1 cm³/mol. The lowest BCUT2D eigenvalue weighted by molar-refractivity contribution is -0.384. The predicted octanol–water partition coefficient (Wildman–Crippen LogP) is 3.90. The lowest BCUT2D eigenvalue weighted by Gasteiger charge is -2.30. The highest BCUT2D eigenvalue weighted by Crippen LogP contribution is 2.37. The van der Waals surface area contributed by atoms with E-state index in [1.807, 2.05) is 6.92 Å². The summed E-state index contributed by atoms with van der Waals surface area (Å²) in [5, 5.41) is 20.0. The Kier molecular flexibility index (Phi) is 4.67. The molecule has 2 rings (SSSR count). The third kappa shape index (κ3) is 3.44. The summed E-state index contributed by atoms with van der Waals surface area (Å²) in [5.74, 6) is -0.973. The normalized spacial score (nSPS) is 21.8. The van der Waals surface area contributed by atoms with E-state index in [9.17, 15) is 20.0 Å². The van der Waals surface area contributed by atoms with Gasteiger partial charge >= 0.3 is 5.97 Å². The van der Waals surface area contributed by atoms with Crippen molar-refractivity contribution in [2.45, 2.75) is 38.7 Å². The molecule has 0 saturated heterocycles. The van der Waals surface area contributed by atoms with E-state index in [0.29, 0.717) is 5.92 Å². The monoisotopic (exact) mass is 313 g/mol. The number of ether oxygens (including phenoxy) is 1. The van der Waals surface area contributed by atoms with Crippen LogP contribution in [-0.4, -0.2) is 22.1 Å². The van der Waals surface area contributed by atoms with Crippen LogP contribution in [0.25, 0.3) is 0 Å². The number of non-ortho nitro benzene ring substituents is 1. The van der Waals surface area contributed by atoms with E-state index in [4.69, 9.17) is 16.3 Å². The van der Waals surface area contributed by atoms with Crippen LogP contribution in [0.2, 0.25) is 5.02 Å². The van der Waals surface area contributed by atoms with Crippen molar-refractivity contribution >= 4 is 23.3 Å². The summed E-state index contributed by atoms with van der Waals surface area (Å²) in [6.45, 7) is 2.05. The molecule has 1 aromatic carbocycles. The highest BCUT2D eigenvalue weighted by molar-refractivity contribution is 6.32. The Morgan fingerprint density at radius 3 is 2.67 bits per heavy atom. The first-order chi connectivity index (χ1) is 9.90. The van der Waals surface area contributed by atoms with E-state index in [2.05, 4.69) is 0 Å². The van der Waals surface area contributed by atoms with Gasteiger partial charge in [0, 0.05) is 12.1 Å². The zero-order valence-electron chi connectivity index (χ0n) is 11.5. The molecule has 2 unspecified atom stereocenters. The van der Waals surface area contributed by atoms with E-state index in [1.165, 1.54) is 0 Å². The van der Waals surface area contributed by atoms with Gasteiger partial charge in [0.2, 0.25) is 0 Å². The van der Waals surface area contributed by atoms with Gasteiger partial charge in [-0.15, -0.1) is 0 Å². The van der Waals surface area contributed by atoms with Gasteiger partial charge in [-0.05, 0) is 25.2 Å². The Balaban J connectivity index is 2.37. The van der Waals surface area contributed by atoms with E-state index >= 15 is 0 Å². The number of nitro groups is 1. The van der Waals surface area contributed by atoms with Crippen molar-refractivity contribution < 1.29 is 19.6 Å². The fraction of sp³-hybridized carbons (Fsp3) is 0.500. The van der Waals surface area contributed by atoms with Gasteiger partial charge in [-0.3, -0.25) is 10.1 Å². The summed E-state index contributed by atoms with van der Waals surface area (Å²) in [6.07, 6.45) is 3.87. The minimum Gasteiger partial charge on any atom is -0.488 e. The molecule has 21 heavy (non-hydrogen) atoms. The summed E-state index contributed by atoms with van der Waals surface area (Å²) >= 11 is 6.00. The zero-order valence-corrected chi connectivity index (χ0v) is 12.3. The number of halogens is 1. The average molecular weight is 314 g/mol. The highest BCUT2D eigenvalue weighted by Gasteiger charge is 2.27. The Bertz CT molecular complexity index is 575. The first-order valence-electron chi connectivity index (χ1n) is 6.78. The number of hydrogen-bond acceptors (Lipinski definition) is 4. The molecule has 0 aliphatic heterocycles. The van der Waals surface area contributed by atoms with Crippen LogP contribution < -0.4 is 4.74 Å². The van der Waals surface area contributed by atoms with Gasteiger partial charge in [0.05, 0.1) is 9.95 Å². The Morgan fingerprint density at radius 1 is 1.43 bits per heavy atom. The molecule has 0 heterocycles. The molecule has 114 valence electrons. The van der Waals surface area contributed by atoms with Crippen LogP contribution in [0.5, 0.6) is 5.75 Å². The van der Waals surface area contributed by atoms with Crippen molar-refractivity contribution in [3.05, 3.63) is 32.8 Å². The first-order valence-corrected chi connectivity index (χ1v) is 7.16. The van der Waals surface area contributed by atoms with E-state index in [1.54, 1.807) is 0 Å². The molecule has 1 fully saturated rings. The number of hydrogen-bond donors (Lipinski definition) is 1. The Morgan fingerprint density at radius 2 is 2.10 bits per heavy atom. The molecule has 0 radical (unpaired) electrons. The molecular formula is C14H16ClNO5. The standard InChI is InChI=1S/C14H16ClNO5/c1-8-4-2-3-5-12(8)21-13-10(14(17)18)6-9(16(19)20)7-11(13)15/h6-8,12H,2-5H2,1H3,(H,17,18). The topological polar surface area (TPSA) is 89.7 Å².